The summed E-state index contributed by atoms with van der Waals surface area (Å²) in [4.78, 5) is 34.4. The van der Waals surface area contributed by atoms with Gasteiger partial charge in [0.15, 0.2) is 11.6 Å². The molecule has 8 aliphatic heterocycles. The van der Waals surface area contributed by atoms with Gasteiger partial charge in [0.1, 0.15) is 11.5 Å². The van der Waals surface area contributed by atoms with Crippen molar-refractivity contribution in [3.8, 4) is 11.5 Å². The van der Waals surface area contributed by atoms with Gasteiger partial charge in [-0.1, -0.05) is 54.6 Å². The van der Waals surface area contributed by atoms with Crippen LogP contribution in [-0.2, 0) is 0 Å². The minimum Gasteiger partial charge on any atom is -0.497 e. The van der Waals surface area contributed by atoms with Crippen molar-refractivity contribution in [1.29, 1.82) is 0 Å². The summed E-state index contributed by atoms with van der Waals surface area (Å²) in [6.45, 7) is 11.8. The Kier molecular flexibility index (Phi) is 10.3. The number of hydrogen-bond acceptors (Lipinski definition) is 10. The zero-order valence-electron chi connectivity index (χ0n) is 36.5. The molecule has 0 spiro atoms. The summed E-state index contributed by atoms with van der Waals surface area (Å²) in [5.41, 5.74) is 7.77. The molecule has 8 heterocycles. The van der Waals surface area contributed by atoms with Crippen LogP contribution in [0.25, 0.3) is 11.1 Å². The predicted molar refractivity (Wildman–Crippen MR) is 250 cm³/mol. The van der Waals surface area contributed by atoms with E-state index in [1.807, 2.05) is 42.5 Å². The molecule has 6 saturated heterocycles. The van der Waals surface area contributed by atoms with Gasteiger partial charge < -0.3 is 30.3 Å². The van der Waals surface area contributed by atoms with E-state index < -0.39 is 24.3 Å². The number of aliphatic hydroxyl groups excluding tert-OH is 2. The molecule has 4 N–H and O–H groups in total. The monoisotopic (exact) mass is 856 g/mol. The highest BCUT2D eigenvalue weighted by Crippen LogP contribution is 2.50. The number of nitrogens with one attached hydrogen (secondary N) is 2. The highest BCUT2D eigenvalue weighted by molar-refractivity contribution is 6.29. The first-order valence-corrected chi connectivity index (χ1v) is 23.0. The number of methoxy groups -OCH3 is 2. The molecule has 10 nitrogen and oxygen atoms in total. The minimum atomic E-state index is -0.845. The molecule has 1 aliphatic carbocycles. The molecular weight excluding hydrogens is 801 g/mol. The fourth-order valence-electron chi connectivity index (χ4n) is 12.5. The third-order valence-electron chi connectivity index (χ3n) is 15.9. The molecule has 0 aromatic heterocycles. The van der Waals surface area contributed by atoms with Gasteiger partial charge >= 0.3 is 0 Å². The molecular formula is C54H56N4O6. The average molecular weight is 857 g/mol. The first-order valence-electron chi connectivity index (χ1n) is 23.0. The lowest BCUT2D eigenvalue weighted by atomic mass is 9.72. The Balaban J connectivity index is 1.08. The zero-order chi connectivity index (χ0) is 44.0. The van der Waals surface area contributed by atoms with Crippen molar-refractivity contribution < 1.29 is 29.3 Å². The van der Waals surface area contributed by atoms with Crippen LogP contribution in [0.2, 0.25) is 0 Å². The molecule has 328 valence electrons. The Hall–Kier alpha value is -5.78. The summed E-state index contributed by atoms with van der Waals surface area (Å²) >= 11 is 0. The first-order chi connectivity index (χ1) is 31.2. The van der Waals surface area contributed by atoms with Crippen LogP contribution in [0, 0.1) is 23.7 Å². The van der Waals surface area contributed by atoms with Crippen molar-refractivity contribution in [3.63, 3.8) is 0 Å². The van der Waals surface area contributed by atoms with Crippen molar-refractivity contribution in [3.05, 3.63) is 155 Å². The van der Waals surface area contributed by atoms with E-state index in [1.54, 1.807) is 44.6 Å². The third kappa shape index (κ3) is 6.51. The van der Waals surface area contributed by atoms with Gasteiger partial charge in [0, 0.05) is 69.9 Å². The summed E-state index contributed by atoms with van der Waals surface area (Å²) in [5, 5.41) is 32.9. The lowest BCUT2D eigenvalue weighted by molar-refractivity contribution is -0.0255. The van der Waals surface area contributed by atoms with Crippen molar-refractivity contribution in [2.24, 2.45) is 23.7 Å². The van der Waals surface area contributed by atoms with Crippen LogP contribution in [0.3, 0.4) is 0 Å². The standard InChI is InChI=1S/C54H56N4O6/c1-5-29-27-57-19-17-31(29)21-47(57)52(60)41-25-45(55-43-15-11-33(63-3)23-39(41)43)37-13-14-38-50(54(62)36-10-8-7-9-35(36)51(38)59)49(37)46-26-42(40-24-34(64-4)12-16-44(40)56-46)53(61)48-22-32-18-20-58(48)28-30(32)6-2/h5-16,23-26,29-32,45-48,52-53,55-56,60-61H,1-2,17-22,27-28H2,3-4H3/t29?,30?,31-,32-,45?,46?,47?,48?,52-,53-/m0/s1. The van der Waals surface area contributed by atoms with E-state index in [9.17, 15) is 15.0 Å². The molecule has 4 aromatic rings. The molecule has 10 heteroatoms. The predicted octanol–water partition coefficient (Wildman–Crippen LogP) is 8.09. The summed E-state index contributed by atoms with van der Waals surface area (Å²) in [6.07, 6.45) is 10.6. The van der Waals surface area contributed by atoms with Crippen molar-refractivity contribution in [1.82, 2.24) is 9.80 Å². The van der Waals surface area contributed by atoms with Crippen molar-refractivity contribution in [2.45, 2.75) is 62.1 Å². The van der Waals surface area contributed by atoms with Gasteiger partial charge in [-0.2, -0.15) is 0 Å². The summed E-state index contributed by atoms with van der Waals surface area (Å²) in [5.74, 6) is 2.64. The molecule has 0 amide bonds. The molecule has 9 aliphatic rings. The smallest absolute Gasteiger partial charge is 0.194 e. The van der Waals surface area contributed by atoms with Crippen LogP contribution < -0.4 is 20.1 Å². The number of nitrogens with zero attached hydrogens (tertiary/aromatic N) is 2. The van der Waals surface area contributed by atoms with Gasteiger partial charge in [-0.05, 0) is 127 Å². The Labute approximate surface area is 375 Å². The number of piperidine rings is 6. The molecule has 0 radical (unpaired) electrons. The van der Waals surface area contributed by atoms with E-state index in [0.29, 0.717) is 63.0 Å². The van der Waals surface area contributed by atoms with E-state index in [-0.39, 0.29) is 23.7 Å². The number of hydrogen-bond donors (Lipinski definition) is 4. The van der Waals surface area contributed by atoms with Crippen LogP contribution in [0.15, 0.2) is 110 Å². The molecule has 4 bridgehead atoms. The Morgan fingerprint density at radius 2 is 1.17 bits per heavy atom. The number of fused-ring (bicyclic) bond motifs is 10. The summed E-state index contributed by atoms with van der Waals surface area (Å²) in [6, 6.07) is 21.2. The van der Waals surface area contributed by atoms with E-state index in [0.717, 1.165) is 91.1 Å². The largest absolute Gasteiger partial charge is 0.497 e. The summed E-state index contributed by atoms with van der Waals surface area (Å²) < 4.78 is 11.4. The second-order valence-electron chi connectivity index (χ2n) is 18.9. The maximum Gasteiger partial charge on any atom is 0.194 e. The van der Waals surface area contributed by atoms with Gasteiger partial charge in [-0.25, -0.2) is 0 Å². The van der Waals surface area contributed by atoms with Gasteiger partial charge in [0.05, 0.1) is 38.5 Å². The van der Waals surface area contributed by atoms with Gasteiger partial charge in [0.25, 0.3) is 0 Å². The zero-order valence-corrected chi connectivity index (χ0v) is 36.5. The number of carbonyl (C=O) groups excluding carboxylic acids is 2. The van der Waals surface area contributed by atoms with Crippen LogP contribution >= 0.6 is 0 Å². The fraction of sp³-hybridized carbons (Fsp3) is 0.370. The van der Waals surface area contributed by atoms with Gasteiger partial charge in [-0.3, -0.25) is 19.4 Å². The van der Waals surface area contributed by atoms with Crippen LogP contribution in [0.5, 0.6) is 11.5 Å². The number of carbonyl (C=O) groups is 2. The van der Waals surface area contributed by atoms with Crippen molar-refractivity contribution >= 4 is 34.1 Å². The molecule has 13 rings (SSSR count). The Morgan fingerprint density at radius 3 is 1.67 bits per heavy atom. The van der Waals surface area contributed by atoms with Crippen LogP contribution in [-0.4, -0.2) is 96.3 Å². The molecule has 0 saturated carbocycles. The fourth-order valence-corrected chi connectivity index (χ4v) is 12.5. The molecule has 12 atom stereocenters. The average Bonchev–Trinajstić information content (AvgIpc) is 3.36. The normalized spacial score (nSPS) is 30.5. The van der Waals surface area contributed by atoms with E-state index in [4.69, 9.17) is 9.47 Å². The maximum atomic E-state index is 15.1. The maximum absolute atomic E-state index is 15.1. The van der Waals surface area contributed by atoms with Gasteiger partial charge in [0.2, 0.25) is 0 Å². The number of anilines is 2. The quantitative estimate of drug-likeness (QED) is 0.103. The second kappa shape index (κ2) is 16.0. The second-order valence-corrected chi connectivity index (χ2v) is 18.9. The SMILES string of the molecule is C=CC1CN2CC[C@H]1CC2[C@@H](O)C1=CC(c2ccc3c(c2C2C=C([C@H](O)C4C[C@@H]5CCN4CC5C=C)c4cc(OC)ccc4N2)C(=O)c2ccccc2C3=O)Nc2ccc(OC)cc21. The number of ether oxygens (including phenoxy) is 2. The topological polar surface area (TPSA) is 124 Å². The lowest BCUT2D eigenvalue weighted by Crippen LogP contribution is -2.57. The summed E-state index contributed by atoms with van der Waals surface area (Å²) in [7, 11) is 3.29. The Bertz CT molecular complexity index is 2670. The Morgan fingerprint density at radius 1 is 0.656 bits per heavy atom. The first kappa shape index (κ1) is 41.0. The van der Waals surface area contributed by atoms with E-state index in [2.05, 4.69) is 57.9 Å². The number of benzene rings is 4. The minimum absolute atomic E-state index is 0.0780. The third-order valence-corrected chi connectivity index (χ3v) is 15.9. The molecule has 4 aromatic carbocycles. The highest BCUT2D eigenvalue weighted by atomic mass is 16.5. The van der Waals surface area contributed by atoms with E-state index in [1.165, 1.54) is 0 Å². The lowest BCUT2D eigenvalue weighted by Gasteiger charge is -2.51. The molecule has 64 heavy (non-hydrogen) atoms. The molecule has 8 unspecified atom stereocenters. The van der Waals surface area contributed by atoms with Crippen LogP contribution in [0.1, 0.15) is 91.9 Å². The number of aliphatic hydroxyl groups is 2. The highest BCUT2D eigenvalue weighted by Gasteiger charge is 2.46. The van der Waals surface area contributed by atoms with Crippen LogP contribution in [0.4, 0.5) is 11.4 Å². The van der Waals surface area contributed by atoms with Crippen molar-refractivity contribution in [2.75, 3.05) is 51.0 Å². The number of rotatable bonds is 10. The molecule has 6 fully saturated rings. The van der Waals surface area contributed by atoms with Gasteiger partial charge in [-0.15, -0.1) is 13.2 Å². The van der Waals surface area contributed by atoms with E-state index >= 15 is 4.79 Å². The number of ketones is 2.